The molecule has 2 aromatic rings. The molecule has 6 heteroatoms. The third-order valence-corrected chi connectivity index (χ3v) is 5.48. The third kappa shape index (κ3) is 6.06. The number of amides is 3. The van der Waals surface area contributed by atoms with Crippen molar-refractivity contribution >= 4 is 11.9 Å². The fourth-order valence-electron chi connectivity index (χ4n) is 3.48. The van der Waals surface area contributed by atoms with Gasteiger partial charge in [0.05, 0.1) is 6.04 Å². The van der Waals surface area contributed by atoms with Crippen molar-refractivity contribution < 1.29 is 9.59 Å². The maximum absolute atomic E-state index is 12.6. The molecule has 29 heavy (non-hydrogen) atoms. The average molecular weight is 395 g/mol. The second kappa shape index (κ2) is 9.56. The van der Waals surface area contributed by atoms with Crippen LogP contribution in [0.2, 0.25) is 0 Å². The summed E-state index contributed by atoms with van der Waals surface area (Å²) in [6, 6.07) is 17.5. The van der Waals surface area contributed by atoms with Crippen LogP contribution in [0.15, 0.2) is 54.6 Å². The lowest BCUT2D eigenvalue weighted by Crippen LogP contribution is -2.46. The highest BCUT2D eigenvalue weighted by atomic mass is 16.2. The van der Waals surface area contributed by atoms with E-state index in [-0.39, 0.29) is 18.1 Å². The Morgan fingerprint density at radius 2 is 1.72 bits per heavy atom. The fraction of sp³-hybridized carbons (Fsp3) is 0.391. The van der Waals surface area contributed by atoms with Gasteiger partial charge in [0.1, 0.15) is 0 Å². The van der Waals surface area contributed by atoms with E-state index in [2.05, 4.69) is 27.7 Å². The monoisotopic (exact) mass is 394 g/mol. The van der Waals surface area contributed by atoms with Gasteiger partial charge in [-0.25, -0.2) is 4.79 Å². The topological polar surface area (TPSA) is 87.5 Å². The van der Waals surface area contributed by atoms with Gasteiger partial charge in [0.15, 0.2) is 0 Å². The molecule has 0 aromatic heterocycles. The van der Waals surface area contributed by atoms with E-state index in [9.17, 15) is 9.59 Å². The number of nitrogens with two attached hydrogens (primary N) is 1. The van der Waals surface area contributed by atoms with Crippen molar-refractivity contribution in [1.82, 2.24) is 15.5 Å². The quantitative estimate of drug-likeness (QED) is 0.611. The largest absolute Gasteiger partial charge is 0.366 e. The molecule has 0 spiro atoms. The molecule has 154 valence electrons. The second-order valence-corrected chi connectivity index (χ2v) is 7.96. The maximum atomic E-state index is 12.6. The van der Waals surface area contributed by atoms with Gasteiger partial charge in [0.2, 0.25) is 5.91 Å². The number of primary amides is 1. The molecular formula is C23H30N4O2. The summed E-state index contributed by atoms with van der Waals surface area (Å²) < 4.78 is 0. The molecular weight excluding hydrogens is 364 g/mol. The molecule has 0 saturated heterocycles. The Labute approximate surface area is 172 Å². The average Bonchev–Trinajstić information content (AvgIpc) is 3.55. The highest BCUT2D eigenvalue weighted by Gasteiger charge is 2.33. The summed E-state index contributed by atoms with van der Waals surface area (Å²) in [4.78, 5) is 25.9. The number of rotatable bonds is 9. The number of hydrogen-bond donors (Lipinski definition) is 3. The van der Waals surface area contributed by atoms with Crippen molar-refractivity contribution in [3.63, 3.8) is 0 Å². The fourth-order valence-corrected chi connectivity index (χ4v) is 3.48. The van der Waals surface area contributed by atoms with E-state index >= 15 is 0 Å². The zero-order chi connectivity index (χ0) is 20.8. The van der Waals surface area contributed by atoms with Crippen molar-refractivity contribution in [2.75, 3.05) is 20.6 Å². The third-order valence-electron chi connectivity index (χ3n) is 5.48. The second-order valence-electron chi connectivity index (χ2n) is 7.96. The minimum Gasteiger partial charge on any atom is -0.366 e. The summed E-state index contributed by atoms with van der Waals surface area (Å²) in [6.07, 6.45) is 3.07. The van der Waals surface area contributed by atoms with E-state index in [1.165, 1.54) is 0 Å². The molecule has 1 aliphatic rings. The number of carbonyl (C=O) groups is 2. The van der Waals surface area contributed by atoms with Gasteiger partial charge in [-0.15, -0.1) is 0 Å². The van der Waals surface area contributed by atoms with E-state index in [4.69, 9.17) is 5.73 Å². The molecule has 0 heterocycles. The standard InChI is InChI=1S/C23H30N4O2/c1-27(2)20(14-16-8-10-19(11-9-16)22(24)28)15-25-23(29)26-21(18-12-13-18)17-6-4-3-5-7-17/h3-11,18,20-21H,12-15H2,1-2H3,(H2,24,28)(H2,25,26,29)/t20-,21?/m0/s1. The van der Waals surface area contributed by atoms with Gasteiger partial charge in [-0.05, 0) is 62.5 Å². The smallest absolute Gasteiger partial charge is 0.315 e. The van der Waals surface area contributed by atoms with E-state index in [0.29, 0.717) is 18.0 Å². The first kappa shape index (κ1) is 20.9. The Morgan fingerprint density at radius 3 is 2.28 bits per heavy atom. The number of nitrogens with one attached hydrogen (secondary N) is 2. The minimum absolute atomic E-state index is 0.0651. The SMILES string of the molecule is CN(C)[C@H](CNC(=O)NC(c1ccccc1)C1CC1)Cc1ccc(C(N)=O)cc1. The van der Waals surface area contributed by atoms with E-state index in [0.717, 1.165) is 30.4 Å². The molecule has 1 unspecified atom stereocenters. The van der Waals surface area contributed by atoms with Crippen molar-refractivity contribution in [1.29, 1.82) is 0 Å². The van der Waals surface area contributed by atoms with Gasteiger partial charge < -0.3 is 21.3 Å². The van der Waals surface area contributed by atoms with Crippen LogP contribution in [0.25, 0.3) is 0 Å². The number of carbonyl (C=O) groups excluding carboxylic acids is 2. The summed E-state index contributed by atoms with van der Waals surface area (Å²) in [6.45, 7) is 0.530. The van der Waals surface area contributed by atoms with Gasteiger partial charge in [0, 0.05) is 18.2 Å². The number of benzene rings is 2. The van der Waals surface area contributed by atoms with Crippen LogP contribution < -0.4 is 16.4 Å². The lowest BCUT2D eigenvalue weighted by atomic mass is 10.0. The molecule has 0 aliphatic heterocycles. The Hall–Kier alpha value is -2.86. The maximum Gasteiger partial charge on any atom is 0.315 e. The van der Waals surface area contributed by atoms with Crippen LogP contribution in [-0.4, -0.2) is 43.5 Å². The highest BCUT2D eigenvalue weighted by molar-refractivity contribution is 5.92. The first-order valence-electron chi connectivity index (χ1n) is 10.1. The molecule has 1 aliphatic carbocycles. The molecule has 1 saturated carbocycles. The first-order valence-corrected chi connectivity index (χ1v) is 10.1. The van der Waals surface area contributed by atoms with E-state index < -0.39 is 5.91 Å². The molecule has 4 N–H and O–H groups in total. The Balaban J connectivity index is 1.55. The molecule has 2 aromatic carbocycles. The molecule has 3 rings (SSSR count). The van der Waals surface area contributed by atoms with Crippen LogP contribution in [-0.2, 0) is 6.42 Å². The lowest BCUT2D eigenvalue weighted by Gasteiger charge is -2.26. The van der Waals surface area contributed by atoms with Crippen molar-refractivity contribution in [2.45, 2.75) is 31.3 Å². The van der Waals surface area contributed by atoms with Crippen LogP contribution in [0.3, 0.4) is 0 Å². The van der Waals surface area contributed by atoms with Gasteiger partial charge in [0.25, 0.3) is 0 Å². The molecule has 2 atom stereocenters. The van der Waals surface area contributed by atoms with Gasteiger partial charge in [-0.2, -0.15) is 0 Å². The molecule has 0 radical (unpaired) electrons. The van der Waals surface area contributed by atoms with Gasteiger partial charge >= 0.3 is 6.03 Å². The van der Waals surface area contributed by atoms with Crippen molar-refractivity contribution in [3.8, 4) is 0 Å². The molecule has 6 nitrogen and oxygen atoms in total. The van der Waals surface area contributed by atoms with Gasteiger partial charge in [-0.1, -0.05) is 42.5 Å². The molecule has 1 fully saturated rings. The molecule has 3 amide bonds. The predicted octanol–water partition coefficient (Wildman–Crippen LogP) is 2.71. The van der Waals surface area contributed by atoms with E-state index in [1.54, 1.807) is 12.1 Å². The van der Waals surface area contributed by atoms with Crippen LogP contribution in [0.4, 0.5) is 4.79 Å². The van der Waals surface area contributed by atoms with Crippen LogP contribution in [0.5, 0.6) is 0 Å². The Bertz CT molecular complexity index is 817. The van der Waals surface area contributed by atoms with Crippen molar-refractivity contribution in [2.24, 2.45) is 11.7 Å². The minimum atomic E-state index is -0.428. The zero-order valence-electron chi connectivity index (χ0n) is 17.1. The number of hydrogen-bond acceptors (Lipinski definition) is 3. The number of urea groups is 1. The molecule has 0 bridgehead atoms. The van der Waals surface area contributed by atoms with Crippen LogP contribution in [0, 0.1) is 5.92 Å². The summed E-state index contributed by atoms with van der Waals surface area (Å²) in [7, 11) is 4.00. The van der Waals surface area contributed by atoms with Gasteiger partial charge in [-0.3, -0.25) is 4.79 Å². The van der Waals surface area contributed by atoms with Crippen LogP contribution >= 0.6 is 0 Å². The van der Waals surface area contributed by atoms with Crippen molar-refractivity contribution in [3.05, 3.63) is 71.3 Å². The van der Waals surface area contributed by atoms with Crippen LogP contribution in [0.1, 0.15) is 40.4 Å². The number of nitrogens with zero attached hydrogens (tertiary/aromatic N) is 1. The summed E-state index contributed by atoms with van der Waals surface area (Å²) in [5, 5.41) is 6.18. The van der Waals surface area contributed by atoms with E-state index in [1.807, 2.05) is 44.4 Å². The first-order chi connectivity index (χ1) is 13.9. The summed E-state index contributed by atoms with van der Waals surface area (Å²) >= 11 is 0. The predicted molar refractivity (Wildman–Crippen MR) is 115 cm³/mol. The number of likely N-dealkylation sites (N-methyl/N-ethyl adjacent to an activating group) is 1. The normalized spacial score (nSPS) is 15.6. The Kier molecular flexibility index (Phi) is 6.88. The highest BCUT2D eigenvalue weighted by Crippen LogP contribution is 2.40. The zero-order valence-corrected chi connectivity index (χ0v) is 17.1. The lowest BCUT2D eigenvalue weighted by molar-refractivity contribution is 0.1000. The summed E-state index contributed by atoms with van der Waals surface area (Å²) in [5.41, 5.74) is 8.05. The summed E-state index contributed by atoms with van der Waals surface area (Å²) in [5.74, 6) is 0.0965. The Morgan fingerprint density at radius 1 is 1.07 bits per heavy atom.